The average molecular weight is 432 g/mol. The standard InChI is InChI=1S/C24H34FN3O3/c1-4-28(14-16-5-6-21(31-3)20(25)10-16)15(2)22(29)26-23(30)27-24-11-17-7-18(12-24)9-19(8-17)13-24/h5-6,10,15,17-19H,4,7-9,11-14H2,1-3H3,(H2,26,27,29,30)/t15-,17?,18?,19?,24?/m1/s1. The van der Waals surface area contributed by atoms with Crippen LogP contribution in [0.1, 0.15) is 57.9 Å². The van der Waals surface area contributed by atoms with E-state index in [0.717, 1.165) is 42.6 Å². The number of imide groups is 1. The number of benzene rings is 1. The number of hydrogen-bond acceptors (Lipinski definition) is 4. The van der Waals surface area contributed by atoms with Gasteiger partial charge in [0.1, 0.15) is 0 Å². The number of likely N-dealkylation sites (N-methyl/N-ethyl adjacent to an activating group) is 1. The number of urea groups is 1. The molecular weight excluding hydrogens is 397 g/mol. The number of rotatable bonds is 7. The van der Waals surface area contributed by atoms with Gasteiger partial charge in [-0.05, 0) is 87.4 Å². The maximum Gasteiger partial charge on any atom is 0.321 e. The van der Waals surface area contributed by atoms with Crippen molar-refractivity contribution in [3.05, 3.63) is 29.6 Å². The van der Waals surface area contributed by atoms with Gasteiger partial charge in [-0.3, -0.25) is 15.0 Å². The molecule has 5 rings (SSSR count). The molecular formula is C24H34FN3O3. The third-order valence-electron chi connectivity index (χ3n) is 7.59. The van der Waals surface area contributed by atoms with Crippen molar-refractivity contribution in [1.82, 2.24) is 15.5 Å². The molecule has 170 valence electrons. The van der Waals surface area contributed by atoms with Gasteiger partial charge in [-0.15, -0.1) is 0 Å². The van der Waals surface area contributed by atoms with Crippen molar-refractivity contribution in [3.63, 3.8) is 0 Å². The summed E-state index contributed by atoms with van der Waals surface area (Å²) >= 11 is 0. The topological polar surface area (TPSA) is 70.7 Å². The Morgan fingerprint density at radius 1 is 1.19 bits per heavy atom. The van der Waals surface area contributed by atoms with Gasteiger partial charge in [0, 0.05) is 12.1 Å². The van der Waals surface area contributed by atoms with Crippen LogP contribution in [0.5, 0.6) is 5.75 Å². The first-order chi connectivity index (χ1) is 14.8. The lowest BCUT2D eigenvalue weighted by Crippen LogP contribution is -2.62. The zero-order valence-corrected chi connectivity index (χ0v) is 18.7. The van der Waals surface area contributed by atoms with Crippen LogP contribution in [0.25, 0.3) is 0 Å². The summed E-state index contributed by atoms with van der Waals surface area (Å²) in [6, 6.07) is 3.89. The van der Waals surface area contributed by atoms with E-state index < -0.39 is 11.9 Å². The summed E-state index contributed by atoms with van der Waals surface area (Å²) < 4.78 is 19.0. The van der Waals surface area contributed by atoms with E-state index in [4.69, 9.17) is 4.74 Å². The SMILES string of the molecule is CCN(Cc1ccc(OC)c(F)c1)[C@H](C)C(=O)NC(=O)NC12CC3CC(CC(C3)C1)C2. The van der Waals surface area contributed by atoms with Crippen LogP contribution in [-0.4, -0.2) is 42.1 Å². The number of halogens is 1. The van der Waals surface area contributed by atoms with Crippen molar-refractivity contribution in [3.8, 4) is 5.75 Å². The molecule has 0 saturated heterocycles. The number of carbonyl (C=O) groups is 2. The minimum atomic E-state index is -0.516. The van der Waals surface area contributed by atoms with Crippen molar-refractivity contribution in [2.45, 2.75) is 70.5 Å². The third-order valence-corrected chi connectivity index (χ3v) is 7.59. The van der Waals surface area contributed by atoms with Gasteiger partial charge in [-0.1, -0.05) is 13.0 Å². The molecule has 6 nitrogen and oxygen atoms in total. The summed E-state index contributed by atoms with van der Waals surface area (Å²) in [6.45, 7) is 4.72. The maximum atomic E-state index is 14.0. The molecule has 2 N–H and O–H groups in total. The minimum Gasteiger partial charge on any atom is -0.494 e. The van der Waals surface area contributed by atoms with Crippen LogP contribution in [0.4, 0.5) is 9.18 Å². The van der Waals surface area contributed by atoms with Gasteiger partial charge in [0.25, 0.3) is 0 Å². The van der Waals surface area contributed by atoms with Crippen LogP contribution in [0, 0.1) is 23.6 Å². The highest BCUT2D eigenvalue weighted by molar-refractivity contribution is 5.97. The number of nitrogens with zero attached hydrogens (tertiary/aromatic N) is 1. The smallest absolute Gasteiger partial charge is 0.321 e. The lowest BCUT2D eigenvalue weighted by molar-refractivity contribution is -0.125. The van der Waals surface area contributed by atoms with Crippen LogP contribution >= 0.6 is 0 Å². The average Bonchev–Trinajstić information content (AvgIpc) is 2.70. The van der Waals surface area contributed by atoms with Crippen LogP contribution in [0.3, 0.4) is 0 Å². The second-order valence-electron chi connectivity index (χ2n) is 9.85. The molecule has 3 amide bonds. The first-order valence-corrected chi connectivity index (χ1v) is 11.5. The quantitative estimate of drug-likeness (QED) is 0.688. The highest BCUT2D eigenvalue weighted by atomic mass is 19.1. The fourth-order valence-electron chi connectivity index (χ4n) is 6.48. The number of amides is 3. The van der Waals surface area contributed by atoms with E-state index in [1.165, 1.54) is 32.4 Å². The van der Waals surface area contributed by atoms with E-state index in [9.17, 15) is 14.0 Å². The Morgan fingerprint density at radius 2 is 1.81 bits per heavy atom. The first kappa shape index (κ1) is 22.1. The number of ether oxygens (including phenoxy) is 1. The monoisotopic (exact) mass is 431 g/mol. The van der Waals surface area contributed by atoms with E-state index in [0.29, 0.717) is 13.1 Å². The molecule has 0 aliphatic heterocycles. The largest absolute Gasteiger partial charge is 0.494 e. The van der Waals surface area contributed by atoms with Gasteiger partial charge in [-0.2, -0.15) is 0 Å². The Labute approximate surface area is 183 Å². The van der Waals surface area contributed by atoms with Gasteiger partial charge in [0.05, 0.1) is 13.2 Å². The molecule has 4 aliphatic rings. The molecule has 4 aliphatic carbocycles. The molecule has 1 atom stereocenters. The van der Waals surface area contributed by atoms with Gasteiger partial charge < -0.3 is 10.1 Å². The normalized spacial score (nSPS) is 29.6. The Bertz CT molecular complexity index is 808. The van der Waals surface area contributed by atoms with Crippen LogP contribution in [0.15, 0.2) is 18.2 Å². The van der Waals surface area contributed by atoms with Crippen molar-refractivity contribution >= 4 is 11.9 Å². The van der Waals surface area contributed by atoms with Gasteiger partial charge in [0.2, 0.25) is 5.91 Å². The van der Waals surface area contributed by atoms with Gasteiger partial charge in [-0.25, -0.2) is 9.18 Å². The van der Waals surface area contributed by atoms with Crippen LogP contribution in [0.2, 0.25) is 0 Å². The number of nitrogens with one attached hydrogen (secondary N) is 2. The zero-order valence-electron chi connectivity index (χ0n) is 18.7. The molecule has 4 saturated carbocycles. The van der Waals surface area contributed by atoms with Crippen molar-refractivity contribution < 1.29 is 18.7 Å². The Morgan fingerprint density at radius 3 is 2.32 bits per heavy atom. The van der Waals surface area contributed by atoms with E-state index in [1.807, 2.05) is 11.8 Å². The third kappa shape index (κ3) is 4.71. The molecule has 0 heterocycles. The van der Waals surface area contributed by atoms with Crippen LogP contribution in [-0.2, 0) is 11.3 Å². The Balaban J connectivity index is 1.33. The number of carbonyl (C=O) groups excluding carboxylic acids is 2. The summed E-state index contributed by atoms with van der Waals surface area (Å²) in [5.41, 5.74) is 0.616. The summed E-state index contributed by atoms with van der Waals surface area (Å²) in [5.74, 6) is 1.60. The van der Waals surface area contributed by atoms with Crippen molar-refractivity contribution in [2.24, 2.45) is 17.8 Å². The van der Waals surface area contributed by atoms with Gasteiger partial charge in [0.15, 0.2) is 11.6 Å². The Hall–Kier alpha value is -2.15. The molecule has 7 heteroatoms. The van der Waals surface area contributed by atoms with E-state index in [-0.39, 0.29) is 23.2 Å². The van der Waals surface area contributed by atoms with Crippen LogP contribution < -0.4 is 15.4 Å². The van der Waals surface area contributed by atoms with Gasteiger partial charge >= 0.3 is 6.03 Å². The molecule has 4 fully saturated rings. The molecule has 1 aromatic carbocycles. The van der Waals surface area contributed by atoms with Crippen molar-refractivity contribution in [1.29, 1.82) is 0 Å². The zero-order chi connectivity index (χ0) is 22.2. The fraction of sp³-hybridized carbons (Fsp3) is 0.667. The summed E-state index contributed by atoms with van der Waals surface area (Å²) in [6.07, 6.45) is 7.03. The predicted octanol–water partition coefficient (Wildman–Crippen LogP) is 3.84. The Kier molecular flexibility index (Phi) is 6.24. The fourth-order valence-corrected chi connectivity index (χ4v) is 6.48. The lowest BCUT2D eigenvalue weighted by atomic mass is 9.53. The summed E-state index contributed by atoms with van der Waals surface area (Å²) in [4.78, 5) is 27.4. The van der Waals surface area contributed by atoms with E-state index in [2.05, 4.69) is 10.6 Å². The predicted molar refractivity (Wildman–Crippen MR) is 116 cm³/mol. The second-order valence-corrected chi connectivity index (χ2v) is 9.85. The van der Waals surface area contributed by atoms with Crippen molar-refractivity contribution in [2.75, 3.05) is 13.7 Å². The first-order valence-electron chi connectivity index (χ1n) is 11.5. The van der Waals surface area contributed by atoms with E-state index >= 15 is 0 Å². The molecule has 0 unspecified atom stereocenters. The molecule has 31 heavy (non-hydrogen) atoms. The number of hydrogen-bond donors (Lipinski definition) is 2. The summed E-state index contributed by atoms with van der Waals surface area (Å²) in [7, 11) is 1.43. The molecule has 0 radical (unpaired) electrons. The molecule has 0 aromatic heterocycles. The minimum absolute atomic E-state index is 0.132. The number of methoxy groups -OCH3 is 1. The maximum absolute atomic E-state index is 14.0. The highest BCUT2D eigenvalue weighted by Gasteiger charge is 2.51. The molecule has 1 aromatic rings. The highest BCUT2D eigenvalue weighted by Crippen LogP contribution is 2.55. The second kappa shape index (κ2) is 8.77. The molecule has 0 spiro atoms. The van der Waals surface area contributed by atoms with E-state index in [1.54, 1.807) is 19.1 Å². The molecule has 4 bridgehead atoms. The summed E-state index contributed by atoms with van der Waals surface area (Å²) in [5, 5.41) is 5.74. The lowest BCUT2D eigenvalue weighted by Gasteiger charge is -2.56.